The second kappa shape index (κ2) is 8.04. The van der Waals surface area contributed by atoms with Crippen LogP contribution in [0.4, 0.5) is 0 Å². The number of aromatic nitrogens is 2. The Labute approximate surface area is 164 Å². The summed E-state index contributed by atoms with van der Waals surface area (Å²) >= 11 is 0. The molecule has 1 aliphatic heterocycles. The molecule has 2 amide bonds. The molecule has 1 unspecified atom stereocenters. The first-order valence-corrected chi connectivity index (χ1v) is 9.94. The molecule has 7 heteroatoms. The van der Waals surface area contributed by atoms with Gasteiger partial charge in [0.1, 0.15) is 11.4 Å². The van der Waals surface area contributed by atoms with Crippen LogP contribution in [0, 0.1) is 5.92 Å². The molecule has 28 heavy (non-hydrogen) atoms. The Morgan fingerprint density at radius 2 is 2.00 bits per heavy atom. The highest BCUT2D eigenvalue weighted by atomic mass is 16.5. The van der Waals surface area contributed by atoms with E-state index in [2.05, 4.69) is 15.5 Å². The Hall–Kier alpha value is -2.83. The fraction of sp³-hybridized carbons (Fsp3) is 0.476. The van der Waals surface area contributed by atoms with Gasteiger partial charge in [0, 0.05) is 30.6 Å². The zero-order valence-corrected chi connectivity index (χ0v) is 16.1. The van der Waals surface area contributed by atoms with Crippen LogP contribution < -0.4 is 10.1 Å². The van der Waals surface area contributed by atoms with Crippen LogP contribution in [0.1, 0.15) is 42.6 Å². The predicted octanol–water partition coefficient (Wildman–Crippen LogP) is 2.61. The van der Waals surface area contributed by atoms with E-state index < -0.39 is 0 Å². The Kier molecular flexibility index (Phi) is 5.32. The van der Waals surface area contributed by atoms with E-state index in [9.17, 15) is 9.59 Å². The molecular formula is C21H26N4O3. The molecule has 148 valence electrons. The van der Waals surface area contributed by atoms with Crippen LogP contribution in [0.25, 0.3) is 11.3 Å². The fourth-order valence-corrected chi connectivity index (χ4v) is 4.20. The van der Waals surface area contributed by atoms with Gasteiger partial charge >= 0.3 is 0 Å². The van der Waals surface area contributed by atoms with Gasteiger partial charge in [-0.25, -0.2) is 0 Å². The normalized spacial score (nSPS) is 19.8. The number of hydrogen-bond donors (Lipinski definition) is 2. The summed E-state index contributed by atoms with van der Waals surface area (Å²) in [4.78, 5) is 27.1. The van der Waals surface area contributed by atoms with Crippen LogP contribution in [0.5, 0.6) is 5.75 Å². The van der Waals surface area contributed by atoms with Crippen LogP contribution >= 0.6 is 0 Å². The Bertz CT molecular complexity index is 857. The fourth-order valence-electron chi connectivity index (χ4n) is 4.20. The summed E-state index contributed by atoms with van der Waals surface area (Å²) in [5, 5.41) is 10.1. The highest BCUT2D eigenvalue weighted by molar-refractivity contribution is 5.93. The van der Waals surface area contributed by atoms with Gasteiger partial charge in [0.05, 0.1) is 12.8 Å². The number of rotatable bonds is 5. The molecule has 1 saturated heterocycles. The molecular weight excluding hydrogens is 356 g/mol. The Balaban J connectivity index is 1.37. The van der Waals surface area contributed by atoms with Crippen molar-refractivity contribution in [2.75, 3.05) is 20.2 Å². The Morgan fingerprint density at radius 3 is 2.79 bits per heavy atom. The minimum atomic E-state index is -0.200. The molecule has 2 fully saturated rings. The van der Waals surface area contributed by atoms with Crippen molar-refractivity contribution < 1.29 is 14.3 Å². The van der Waals surface area contributed by atoms with Crippen molar-refractivity contribution in [3.05, 3.63) is 36.0 Å². The van der Waals surface area contributed by atoms with Crippen molar-refractivity contribution in [3.8, 4) is 17.0 Å². The number of benzene rings is 1. The van der Waals surface area contributed by atoms with Gasteiger partial charge in [0.25, 0.3) is 5.91 Å². The van der Waals surface area contributed by atoms with Gasteiger partial charge in [-0.05, 0) is 37.5 Å². The highest BCUT2D eigenvalue weighted by Crippen LogP contribution is 2.29. The molecule has 0 bridgehead atoms. The topological polar surface area (TPSA) is 87.3 Å². The largest absolute Gasteiger partial charge is 0.496 e. The molecule has 0 spiro atoms. The number of carbonyl (C=O) groups is 2. The van der Waals surface area contributed by atoms with E-state index >= 15 is 0 Å². The number of hydrogen-bond acceptors (Lipinski definition) is 4. The van der Waals surface area contributed by atoms with Crippen LogP contribution in [0.3, 0.4) is 0 Å². The third kappa shape index (κ3) is 3.74. The summed E-state index contributed by atoms with van der Waals surface area (Å²) in [6, 6.07) is 9.26. The smallest absolute Gasteiger partial charge is 0.269 e. The van der Waals surface area contributed by atoms with E-state index in [-0.39, 0.29) is 23.8 Å². The molecule has 7 nitrogen and oxygen atoms in total. The monoisotopic (exact) mass is 382 g/mol. The molecule has 1 aromatic heterocycles. The van der Waals surface area contributed by atoms with E-state index in [1.807, 2.05) is 29.2 Å². The molecule has 1 aromatic carbocycles. The van der Waals surface area contributed by atoms with E-state index in [1.165, 1.54) is 0 Å². The zero-order chi connectivity index (χ0) is 19.5. The maximum absolute atomic E-state index is 12.6. The SMILES string of the molecule is COc1ccccc1-c1cc(C(=O)NC2CCN(C(=O)C3CCCC3)C2)[nH]n1. The molecule has 0 radical (unpaired) electrons. The molecule has 1 aliphatic carbocycles. The van der Waals surface area contributed by atoms with Gasteiger partial charge in [-0.1, -0.05) is 25.0 Å². The lowest BCUT2D eigenvalue weighted by Crippen LogP contribution is -2.40. The number of H-pyrrole nitrogens is 1. The number of ether oxygens (including phenoxy) is 1. The quantitative estimate of drug-likeness (QED) is 0.832. The van der Waals surface area contributed by atoms with Crippen LogP contribution in [-0.2, 0) is 4.79 Å². The first kappa shape index (κ1) is 18.5. The standard InChI is InChI=1S/C21H26N4O3/c1-28-19-9-5-4-8-16(19)17-12-18(24-23-17)20(26)22-15-10-11-25(13-15)21(27)14-6-2-3-7-14/h4-5,8-9,12,14-15H,2-3,6-7,10-11,13H2,1H3,(H,22,26)(H,23,24). The molecule has 1 saturated carbocycles. The molecule has 2 N–H and O–H groups in total. The molecule has 4 rings (SSSR count). The average molecular weight is 382 g/mol. The number of carbonyl (C=O) groups excluding carboxylic acids is 2. The third-order valence-electron chi connectivity index (χ3n) is 5.74. The first-order valence-electron chi connectivity index (χ1n) is 9.94. The van der Waals surface area contributed by atoms with Crippen molar-refractivity contribution >= 4 is 11.8 Å². The third-order valence-corrected chi connectivity index (χ3v) is 5.74. The van der Waals surface area contributed by atoms with E-state index in [0.717, 1.165) is 44.2 Å². The van der Waals surface area contributed by atoms with E-state index in [1.54, 1.807) is 13.2 Å². The second-order valence-electron chi connectivity index (χ2n) is 7.59. The van der Waals surface area contributed by atoms with Crippen molar-refractivity contribution in [2.45, 2.75) is 38.1 Å². The van der Waals surface area contributed by atoms with Crippen molar-refractivity contribution in [2.24, 2.45) is 5.92 Å². The Morgan fingerprint density at radius 1 is 1.21 bits per heavy atom. The second-order valence-corrected chi connectivity index (χ2v) is 7.59. The maximum Gasteiger partial charge on any atom is 0.269 e. The number of nitrogens with one attached hydrogen (secondary N) is 2. The summed E-state index contributed by atoms with van der Waals surface area (Å²) in [5.41, 5.74) is 1.89. The van der Waals surface area contributed by atoms with Gasteiger partial charge in [0.15, 0.2) is 0 Å². The van der Waals surface area contributed by atoms with Gasteiger partial charge in [-0.2, -0.15) is 5.10 Å². The number of likely N-dealkylation sites (tertiary alicyclic amines) is 1. The van der Waals surface area contributed by atoms with Gasteiger partial charge < -0.3 is 15.0 Å². The molecule has 1 atom stereocenters. The number of methoxy groups -OCH3 is 1. The summed E-state index contributed by atoms with van der Waals surface area (Å²) in [7, 11) is 1.61. The summed E-state index contributed by atoms with van der Waals surface area (Å²) in [5.74, 6) is 0.950. The van der Waals surface area contributed by atoms with Gasteiger partial charge in [-0.3, -0.25) is 14.7 Å². The lowest BCUT2D eigenvalue weighted by molar-refractivity contribution is -0.134. The van der Waals surface area contributed by atoms with Crippen molar-refractivity contribution in [1.82, 2.24) is 20.4 Å². The predicted molar refractivity (Wildman–Crippen MR) is 105 cm³/mol. The number of nitrogens with zero attached hydrogens (tertiary/aromatic N) is 2. The minimum Gasteiger partial charge on any atom is -0.496 e. The minimum absolute atomic E-state index is 0.0177. The average Bonchev–Trinajstić information content (AvgIpc) is 3.48. The lowest BCUT2D eigenvalue weighted by atomic mass is 10.1. The molecule has 2 aliphatic rings. The molecule has 2 heterocycles. The summed E-state index contributed by atoms with van der Waals surface area (Å²) < 4.78 is 5.36. The summed E-state index contributed by atoms with van der Waals surface area (Å²) in [6.45, 7) is 1.31. The van der Waals surface area contributed by atoms with Crippen LogP contribution in [0.15, 0.2) is 30.3 Å². The maximum atomic E-state index is 12.6. The van der Waals surface area contributed by atoms with Crippen molar-refractivity contribution in [3.63, 3.8) is 0 Å². The number of amides is 2. The lowest BCUT2D eigenvalue weighted by Gasteiger charge is -2.20. The van der Waals surface area contributed by atoms with E-state index in [4.69, 9.17) is 4.74 Å². The van der Waals surface area contributed by atoms with Gasteiger partial charge in [-0.15, -0.1) is 0 Å². The number of aromatic amines is 1. The van der Waals surface area contributed by atoms with E-state index in [0.29, 0.717) is 23.7 Å². The highest BCUT2D eigenvalue weighted by Gasteiger charge is 2.33. The van der Waals surface area contributed by atoms with Crippen molar-refractivity contribution in [1.29, 1.82) is 0 Å². The van der Waals surface area contributed by atoms with Gasteiger partial charge in [0.2, 0.25) is 5.91 Å². The summed E-state index contributed by atoms with van der Waals surface area (Å²) in [6.07, 6.45) is 5.10. The molecule has 2 aromatic rings. The van der Waals surface area contributed by atoms with Crippen LogP contribution in [0.2, 0.25) is 0 Å². The zero-order valence-electron chi connectivity index (χ0n) is 16.1. The van der Waals surface area contributed by atoms with Crippen LogP contribution in [-0.4, -0.2) is 53.2 Å². The number of para-hydroxylation sites is 1. The first-order chi connectivity index (χ1) is 13.7.